The monoisotopic (exact) mass is 314 g/mol. The van der Waals surface area contributed by atoms with E-state index in [2.05, 4.69) is 0 Å². The van der Waals surface area contributed by atoms with Crippen molar-refractivity contribution < 1.29 is 28.5 Å². The summed E-state index contributed by atoms with van der Waals surface area (Å²) in [6.07, 6.45) is 5.01. The Morgan fingerprint density at radius 2 is 1.32 bits per heavy atom. The molecule has 0 bridgehead atoms. The molecule has 2 heterocycles. The van der Waals surface area contributed by atoms with Crippen molar-refractivity contribution in [2.24, 2.45) is 11.8 Å². The smallest absolute Gasteiger partial charge is 0.309 e. The first-order chi connectivity index (χ1) is 10.8. The highest BCUT2D eigenvalue weighted by molar-refractivity contribution is 5.74. The molecule has 6 heteroatoms. The summed E-state index contributed by atoms with van der Waals surface area (Å²) in [7, 11) is 0. The minimum absolute atomic E-state index is 0.0264. The van der Waals surface area contributed by atoms with Gasteiger partial charge in [0.2, 0.25) is 0 Å². The van der Waals surface area contributed by atoms with E-state index in [0.717, 1.165) is 38.5 Å². The van der Waals surface area contributed by atoms with E-state index in [0.29, 0.717) is 39.6 Å². The van der Waals surface area contributed by atoms with E-state index in [1.54, 1.807) is 0 Å². The van der Waals surface area contributed by atoms with Crippen LogP contribution < -0.4 is 0 Å². The Morgan fingerprint density at radius 1 is 0.773 bits per heavy atom. The van der Waals surface area contributed by atoms with Gasteiger partial charge in [-0.25, -0.2) is 0 Å². The molecule has 2 atom stereocenters. The van der Waals surface area contributed by atoms with Crippen molar-refractivity contribution in [1.29, 1.82) is 0 Å². The van der Waals surface area contributed by atoms with Crippen molar-refractivity contribution in [3.05, 3.63) is 0 Å². The van der Waals surface area contributed by atoms with Gasteiger partial charge in [0.05, 0.1) is 25.0 Å². The maximum atomic E-state index is 11.2. The minimum atomic E-state index is -0.0851. The molecule has 22 heavy (non-hydrogen) atoms. The van der Waals surface area contributed by atoms with E-state index < -0.39 is 0 Å². The summed E-state index contributed by atoms with van der Waals surface area (Å²) < 4.78 is 20.8. The fraction of sp³-hybridized carbons (Fsp3) is 0.875. The second kappa shape index (κ2) is 9.79. The van der Waals surface area contributed by atoms with Gasteiger partial charge in [-0.3, -0.25) is 9.59 Å². The van der Waals surface area contributed by atoms with Crippen LogP contribution in [0.4, 0.5) is 0 Å². The van der Waals surface area contributed by atoms with Gasteiger partial charge in [0.15, 0.2) is 0 Å². The molecule has 0 amide bonds. The number of rotatable bonds is 11. The second-order valence-corrected chi connectivity index (χ2v) is 5.82. The second-order valence-electron chi connectivity index (χ2n) is 5.82. The van der Waals surface area contributed by atoms with Crippen molar-refractivity contribution in [3.8, 4) is 0 Å². The first-order valence-corrected chi connectivity index (χ1v) is 8.26. The van der Waals surface area contributed by atoms with Crippen LogP contribution >= 0.6 is 0 Å². The highest BCUT2D eigenvalue weighted by Crippen LogP contribution is 2.19. The SMILES string of the molecule is O=C1OCCC1CCCOCCCOCCC1CCOC1=O. The number of carbonyl (C=O) groups excluding carboxylic acids is 2. The van der Waals surface area contributed by atoms with Crippen molar-refractivity contribution in [2.45, 2.75) is 38.5 Å². The standard InChI is InChI=1S/C16H26O6/c17-15-13(5-11-21-15)3-1-7-19-8-2-9-20-10-4-14-6-12-22-16(14)18/h13-14H,1-12H2. The molecule has 2 rings (SSSR count). The lowest BCUT2D eigenvalue weighted by molar-refractivity contribution is -0.142. The van der Waals surface area contributed by atoms with Crippen LogP contribution in [0.15, 0.2) is 0 Å². The maximum absolute atomic E-state index is 11.2. The van der Waals surface area contributed by atoms with Gasteiger partial charge in [-0.15, -0.1) is 0 Å². The van der Waals surface area contributed by atoms with Gasteiger partial charge in [-0.05, 0) is 38.5 Å². The molecule has 0 aromatic carbocycles. The maximum Gasteiger partial charge on any atom is 0.309 e. The largest absolute Gasteiger partial charge is 0.465 e. The molecule has 2 saturated heterocycles. The number of hydrogen-bond acceptors (Lipinski definition) is 6. The van der Waals surface area contributed by atoms with E-state index in [-0.39, 0.29) is 23.8 Å². The quantitative estimate of drug-likeness (QED) is 0.427. The Hall–Kier alpha value is -1.14. The van der Waals surface area contributed by atoms with Gasteiger partial charge >= 0.3 is 11.9 Å². The minimum Gasteiger partial charge on any atom is -0.465 e. The molecule has 0 aromatic heterocycles. The molecule has 0 spiro atoms. The van der Waals surface area contributed by atoms with Crippen LogP contribution in [0.1, 0.15) is 38.5 Å². The zero-order valence-corrected chi connectivity index (χ0v) is 13.1. The average molecular weight is 314 g/mol. The Morgan fingerprint density at radius 3 is 1.91 bits per heavy atom. The molecule has 0 aromatic rings. The zero-order chi connectivity index (χ0) is 15.6. The molecule has 2 unspecified atom stereocenters. The highest BCUT2D eigenvalue weighted by Gasteiger charge is 2.26. The lowest BCUT2D eigenvalue weighted by atomic mass is 10.0. The van der Waals surface area contributed by atoms with Crippen LogP contribution in [-0.4, -0.2) is 51.6 Å². The molecule has 0 saturated carbocycles. The summed E-state index contributed by atoms with van der Waals surface area (Å²) in [5.41, 5.74) is 0. The number of cyclic esters (lactones) is 2. The molecular formula is C16H26O6. The highest BCUT2D eigenvalue weighted by atomic mass is 16.5. The van der Waals surface area contributed by atoms with Crippen LogP contribution in [0.2, 0.25) is 0 Å². The van der Waals surface area contributed by atoms with Gasteiger partial charge in [0.25, 0.3) is 0 Å². The van der Waals surface area contributed by atoms with Crippen LogP contribution in [0.25, 0.3) is 0 Å². The molecule has 2 aliphatic heterocycles. The Kier molecular flexibility index (Phi) is 7.66. The van der Waals surface area contributed by atoms with Crippen molar-refractivity contribution >= 4 is 11.9 Å². The van der Waals surface area contributed by atoms with Crippen LogP contribution in [0.3, 0.4) is 0 Å². The van der Waals surface area contributed by atoms with Crippen LogP contribution in [0, 0.1) is 11.8 Å². The van der Waals surface area contributed by atoms with Crippen LogP contribution in [0.5, 0.6) is 0 Å². The predicted molar refractivity (Wildman–Crippen MR) is 78.2 cm³/mol. The molecule has 0 radical (unpaired) electrons. The third-order valence-electron chi connectivity index (χ3n) is 4.12. The zero-order valence-electron chi connectivity index (χ0n) is 13.1. The number of ether oxygens (including phenoxy) is 4. The van der Waals surface area contributed by atoms with Gasteiger partial charge in [0, 0.05) is 26.4 Å². The van der Waals surface area contributed by atoms with Gasteiger partial charge in [-0.1, -0.05) is 0 Å². The molecular weight excluding hydrogens is 288 g/mol. The molecule has 126 valence electrons. The van der Waals surface area contributed by atoms with E-state index in [4.69, 9.17) is 18.9 Å². The normalized spacial score (nSPS) is 24.5. The third-order valence-corrected chi connectivity index (χ3v) is 4.12. The summed E-state index contributed by atoms with van der Waals surface area (Å²) in [4.78, 5) is 22.5. The van der Waals surface area contributed by atoms with E-state index in [9.17, 15) is 9.59 Å². The summed E-state index contributed by atoms with van der Waals surface area (Å²) >= 11 is 0. The molecule has 2 fully saturated rings. The predicted octanol–water partition coefficient (Wildman–Crippen LogP) is 1.71. The van der Waals surface area contributed by atoms with E-state index >= 15 is 0 Å². The number of carbonyl (C=O) groups is 2. The van der Waals surface area contributed by atoms with E-state index in [1.165, 1.54) is 0 Å². The Bertz CT molecular complexity index is 323. The third kappa shape index (κ3) is 5.93. The lowest BCUT2D eigenvalue weighted by Gasteiger charge is -2.08. The molecule has 6 nitrogen and oxygen atoms in total. The lowest BCUT2D eigenvalue weighted by Crippen LogP contribution is -2.12. The van der Waals surface area contributed by atoms with Crippen LogP contribution in [-0.2, 0) is 28.5 Å². The summed E-state index contributed by atoms with van der Waals surface area (Å²) in [5.74, 6) is -0.0367. The Balaban J connectivity index is 1.33. The Labute approximate surface area is 131 Å². The fourth-order valence-electron chi connectivity index (χ4n) is 2.72. The summed E-state index contributed by atoms with van der Waals surface area (Å²) in [6.45, 7) is 3.72. The van der Waals surface area contributed by atoms with Gasteiger partial charge < -0.3 is 18.9 Å². The number of esters is 2. The summed E-state index contributed by atoms with van der Waals surface area (Å²) in [6, 6.07) is 0. The van der Waals surface area contributed by atoms with Gasteiger partial charge in [0.1, 0.15) is 0 Å². The molecule has 0 N–H and O–H groups in total. The topological polar surface area (TPSA) is 71.1 Å². The summed E-state index contributed by atoms with van der Waals surface area (Å²) in [5, 5.41) is 0. The molecule has 0 aliphatic carbocycles. The average Bonchev–Trinajstić information content (AvgIpc) is 3.10. The van der Waals surface area contributed by atoms with E-state index in [1.807, 2.05) is 0 Å². The van der Waals surface area contributed by atoms with Crippen molar-refractivity contribution in [3.63, 3.8) is 0 Å². The number of hydrogen-bond donors (Lipinski definition) is 0. The first kappa shape index (κ1) is 17.2. The molecule has 2 aliphatic rings. The first-order valence-electron chi connectivity index (χ1n) is 8.26. The van der Waals surface area contributed by atoms with Crippen molar-refractivity contribution in [1.82, 2.24) is 0 Å². The van der Waals surface area contributed by atoms with Crippen molar-refractivity contribution in [2.75, 3.05) is 39.6 Å². The fourth-order valence-corrected chi connectivity index (χ4v) is 2.72. The van der Waals surface area contributed by atoms with Gasteiger partial charge in [-0.2, -0.15) is 0 Å².